The summed E-state index contributed by atoms with van der Waals surface area (Å²) < 4.78 is 6.24. The average Bonchev–Trinajstić information content (AvgIpc) is 2.87. The van der Waals surface area contributed by atoms with Crippen molar-refractivity contribution in [2.45, 2.75) is 20.3 Å². The minimum absolute atomic E-state index is 0.326. The van der Waals surface area contributed by atoms with Crippen LogP contribution < -0.4 is 0 Å². The van der Waals surface area contributed by atoms with Gasteiger partial charge in [-0.2, -0.15) is 5.26 Å². The van der Waals surface area contributed by atoms with Gasteiger partial charge in [0.05, 0.1) is 12.2 Å². The molecule has 108 valence electrons. The molecule has 0 saturated carbocycles. The molecule has 5 heteroatoms. The molecule has 1 aromatic heterocycles. The number of ether oxygens (including phenoxy) is 1. The van der Waals surface area contributed by atoms with Gasteiger partial charge >= 0.3 is 5.97 Å². The molecule has 0 spiro atoms. The van der Waals surface area contributed by atoms with Crippen LogP contribution in [0.4, 0.5) is 0 Å². The Hall–Kier alpha value is -1.39. The van der Waals surface area contributed by atoms with Crippen LogP contribution in [0.1, 0.15) is 34.0 Å². The number of aryl methyl sites for hydroxylation is 1. The molecule has 0 aliphatic carbocycles. The van der Waals surface area contributed by atoms with Gasteiger partial charge in [-0.25, -0.2) is 4.79 Å². The van der Waals surface area contributed by atoms with E-state index in [-0.39, 0.29) is 5.97 Å². The summed E-state index contributed by atoms with van der Waals surface area (Å²) in [6, 6.07) is 10.1. The summed E-state index contributed by atoms with van der Waals surface area (Å²) in [5.41, 5.74) is 2.17. The maximum atomic E-state index is 12.2. The number of nitriles is 1. The van der Waals surface area contributed by atoms with Gasteiger partial charge in [0.25, 0.3) is 0 Å². The highest BCUT2D eigenvalue weighted by Crippen LogP contribution is 2.37. The quantitative estimate of drug-likeness (QED) is 0.545. The van der Waals surface area contributed by atoms with Gasteiger partial charge in [-0.3, -0.25) is 0 Å². The number of halogens is 1. The van der Waals surface area contributed by atoms with Crippen LogP contribution in [0.25, 0.3) is 11.1 Å². The molecule has 21 heavy (non-hydrogen) atoms. The standard InChI is InChI=1S/C16H14INO2S/c1-3-13-12(9-18)14(10-5-7-11(17)8-6-10)15(21-13)16(19)20-4-2/h5-8H,3-4H2,1-2H3. The second-order valence-corrected chi connectivity index (χ2v) is 6.65. The smallest absolute Gasteiger partial charge is 0.348 e. The molecule has 0 aliphatic heterocycles. The fraction of sp³-hybridized carbons (Fsp3) is 0.250. The molecule has 3 nitrogen and oxygen atoms in total. The summed E-state index contributed by atoms with van der Waals surface area (Å²) in [4.78, 5) is 13.6. The van der Waals surface area contributed by atoms with E-state index in [1.165, 1.54) is 11.3 Å². The van der Waals surface area contributed by atoms with Crippen LogP contribution in [-0.4, -0.2) is 12.6 Å². The van der Waals surface area contributed by atoms with E-state index in [1.54, 1.807) is 6.92 Å². The molecule has 0 bridgehead atoms. The molecular weight excluding hydrogens is 397 g/mol. The average molecular weight is 411 g/mol. The highest BCUT2D eigenvalue weighted by Gasteiger charge is 2.24. The molecular formula is C16H14INO2S. The molecule has 0 fully saturated rings. The van der Waals surface area contributed by atoms with Crippen molar-refractivity contribution in [3.63, 3.8) is 0 Å². The first-order chi connectivity index (χ1) is 10.1. The summed E-state index contributed by atoms with van der Waals surface area (Å²) in [5, 5.41) is 9.47. The lowest BCUT2D eigenvalue weighted by molar-refractivity contribution is 0.0533. The topological polar surface area (TPSA) is 50.1 Å². The van der Waals surface area contributed by atoms with E-state index in [0.29, 0.717) is 22.6 Å². The van der Waals surface area contributed by atoms with Crippen molar-refractivity contribution >= 4 is 39.9 Å². The van der Waals surface area contributed by atoms with Crippen LogP contribution >= 0.6 is 33.9 Å². The van der Waals surface area contributed by atoms with E-state index in [0.717, 1.165) is 20.4 Å². The molecule has 0 atom stereocenters. The van der Waals surface area contributed by atoms with Crippen LogP contribution in [0, 0.1) is 14.9 Å². The lowest BCUT2D eigenvalue weighted by Gasteiger charge is -2.05. The lowest BCUT2D eigenvalue weighted by Crippen LogP contribution is -2.04. The number of carbonyl (C=O) groups is 1. The first kappa shape index (κ1) is 16.0. The van der Waals surface area contributed by atoms with Gasteiger partial charge in [0, 0.05) is 14.0 Å². The highest BCUT2D eigenvalue weighted by atomic mass is 127. The maximum absolute atomic E-state index is 12.2. The molecule has 0 saturated heterocycles. The van der Waals surface area contributed by atoms with Crippen LogP contribution in [0.15, 0.2) is 24.3 Å². The molecule has 0 amide bonds. The first-order valence-corrected chi connectivity index (χ1v) is 8.50. The number of hydrogen-bond donors (Lipinski definition) is 0. The van der Waals surface area contributed by atoms with E-state index < -0.39 is 0 Å². The largest absolute Gasteiger partial charge is 0.462 e. The third kappa shape index (κ3) is 3.27. The Bertz CT molecular complexity index is 698. The molecule has 2 aromatic rings. The molecule has 0 unspecified atom stereocenters. The highest BCUT2D eigenvalue weighted by molar-refractivity contribution is 14.1. The zero-order valence-electron chi connectivity index (χ0n) is 11.8. The van der Waals surface area contributed by atoms with Crippen molar-refractivity contribution < 1.29 is 9.53 Å². The van der Waals surface area contributed by atoms with Crippen LogP contribution in [0.3, 0.4) is 0 Å². The SMILES string of the molecule is CCOC(=O)c1sc(CC)c(C#N)c1-c1ccc(I)cc1. The van der Waals surface area contributed by atoms with Gasteiger partial charge in [-0.1, -0.05) is 19.1 Å². The normalized spacial score (nSPS) is 10.2. The summed E-state index contributed by atoms with van der Waals surface area (Å²) in [5.74, 6) is -0.354. The maximum Gasteiger partial charge on any atom is 0.348 e. The van der Waals surface area contributed by atoms with Crippen LogP contribution in [0.2, 0.25) is 0 Å². The van der Waals surface area contributed by atoms with Crippen molar-refractivity contribution in [1.82, 2.24) is 0 Å². The minimum Gasteiger partial charge on any atom is -0.462 e. The van der Waals surface area contributed by atoms with Crippen LogP contribution in [0.5, 0.6) is 0 Å². The van der Waals surface area contributed by atoms with E-state index in [1.807, 2.05) is 31.2 Å². The van der Waals surface area contributed by atoms with E-state index in [4.69, 9.17) is 4.74 Å². The molecule has 1 aromatic carbocycles. The van der Waals surface area contributed by atoms with Crippen molar-refractivity contribution in [2.24, 2.45) is 0 Å². The fourth-order valence-electron chi connectivity index (χ4n) is 2.08. The Kier molecular flexibility index (Phi) is 5.37. The van der Waals surface area contributed by atoms with E-state index in [2.05, 4.69) is 28.7 Å². The summed E-state index contributed by atoms with van der Waals surface area (Å²) in [6.07, 6.45) is 0.727. The van der Waals surface area contributed by atoms with Crippen LogP contribution in [-0.2, 0) is 11.2 Å². The number of hydrogen-bond acceptors (Lipinski definition) is 4. The summed E-state index contributed by atoms with van der Waals surface area (Å²) in [6.45, 7) is 4.09. The predicted molar refractivity (Wildman–Crippen MR) is 92.5 cm³/mol. The third-order valence-corrected chi connectivity index (χ3v) is 5.04. The number of thiophene rings is 1. The van der Waals surface area contributed by atoms with Crippen molar-refractivity contribution in [3.8, 4) is 17.2 Å². The van der Waals surface area contributed by atoms with Gasteiger partial charge in [0.2, 0.25) is 0 Å². The van der Waals surface area contributed by atoms with Crippen molar-refractivity contribution in [1.29, 1.82) is 5.26 Å². The number of rotatable bonds is 4. The number of esters is 1. The third-order valence-electron chi connectivity index (χ3n) is 3.01. The molecule has 0 aliphatic rings. The number of nitrogens with zero attached hydrogens (tertiary/aromatic N) is 1. The van der Waals surface area contributed by atoms with E-state index in [9.17, 15) is 10.1 Å². The minimum atomic E-state index is -0.354. The predicted octanol–water partition coefficient (Wildman–Crippen LogP) is 4.63. The number of carbonyl (C=O) groups excluding carboxylic acids is 1. The number of benzene rings is 1. The van der Waals surface area contributed by atoms with E-state index >= 15 is 0 Å². The molecule has 0 N–H and O–H groups in total. The monoisotopic (exact) mass is 411 g/mol. The lowest BCUT2D eigenvalue weighted by atomic mass is 10.0. The fourth-order valence-corrected chi connectivity index (χ4v) is 3.54. The molecule has 1 heterocycles. The van der Waals surface area contributed by atoms with Gasteiger partial charge in [0.1, 0.15) is 10.9 Å². The Balaban J connectivity index is 2.66. The van der Waals surface area contributed by atoms with Crippen molar-refractivity contribution in [2.75, 3.05) is 6.61 Å². The molecule has 0 radical (unpaired) electrons. The summed E-state index contributed by atoms with van der Waals surface area (Å²) >= 11 is 3.59. The van der Waals surface area contributed by atoms with Gasteiger partial charge in [-0.15, -0.1) is 11.3 Å². The van der Waals surface area contributed by atoms with Gasteiger partial charge in [0.15, 0.2) is 0 Å². The van der Waals surface area contributed by atoms with Gasteiger partial charge in [-0.05, 0) is 53.6 Å². The summed E-state index contributed by atoms with van der Waals surface area (Å²) in [7, 11) is 0. The first-order valence-electron chi connectivity index (χ1n) is 6.61. The zero-order chi connectivity index (χ0) is 15.4. The van der Waals surface area contributed by atoms with Crippen molar-refractivity contribution in [3.05, 3.63) is 43.2 Å². The molecule has 2 rings (SSSR count). The Labute approximate surface area is 141 Å². The second kappa shape index (κ2) is 7.05. The second-order valence-electron chi connectivity index (χ2n) is 4.30. The Morgan fingerprint density at radius 3 is 2.52 bits per heavy atom. The Morgan fingerprint density at radius 2 is 2.00 bits per heavy atom. The van der Waals surface area contributed by atoms with Gasteiger partial charge < -0.3 is 4.74 Å². The zero-order valence-corrected chi connectivity index (χ0v) is 14.7. The Morgan fingerprint density at radius 1 is 1.33 bits per heavy atom.